The van der Waals surface area contributed by atoms with Gasteiger partial charge in [-0.2, -0.15) is 0 Å². The lowest BCUT2D eigenvalue weighted by Crippen LogP contribution is -2.44. The normalized spacial score (nSPS) is 40.8. The van der Waals surface area contributed by atoms with Gasteiger partial charge in [0.2, 0.25) is 0 Å². The summed E-state index contributed by atoms with van der Waals surface area (Å²) in [4.78, 5) is 0. The summed E-state index contributed by atoms with van der Waals surface area (Å²) in [6.07, 6.45) is 6.73. The van der Waals surface area contributed by atoms with Gasteiger partial charge < -0.3 is 10.1 Å². The molecule has 0 aromatic rings. The molecule has 0 aromatic heterocycles. The molecule has 2 nitrogen and oxygen atoms in total. The molecule has 0 aromatic carbocycles. The van der Waals surface area contributed by atoms with Gasteiger partial charge in [-0.3, -0.25) is 0 Å². The van der Waals surface area contributed by atoms with Crippen molar-refractivity contribution in [3.05, 3.63) is 0 Å². The van der Waals surface area contributed by atoms with Crippen LogP contribution in [0.1, 0.15) is 39.0 Å². The fraction of sp³-hybridized carbons (Fsp3) is 1.00. The Morgan fingerprint density at radius 2 is 2.08 bits per heavy atom. The van der Waals surface area contributed by atoms with Crippen molar-refractivity contribution in [2.45, 2.75) is 51.1 Å². The fourth-order valence-electron chi connectivity index (χ4n) is 2.57. The van der Waals surface area contributed by atoms with E-state index in [0.717, 1.165) is 25.2 Å². The van der Waals surface area contributed by atoms with Gasteiger partial charge in [-0.1, -0.05) is 13.3 Å². The average molecular weight is 183 g/mol. The summed E-state index contributed by atoms with van der Waals surface area (Å²) in [5.74, 6) is 0.877. The monoisotopic (exact) mass is 183 g/mol. The first-order chi connectivity index (χ1) is 6.36. The van der Waals surface area contributed by atoms with Crippen LogP contribution in [0.4, 0.5) is 0 Å². The van der Waals surface area contributed by atoms with Gasteiger partial charge in [0.1, 0.15) is 0 Å². The Bertz CT molecular complexity index is 154. The molecule has 13 heavy (non-hydrogen) atoms. The largest absolute Gasteiger partial charge is 0.380 e. The molecule has 3 unspecified atom stereocenters. The maximum absolute atomic E-state index is 5.47. The number of nitrogens with one attached hydrogen (secondary N) is 1. The molecule has 0 spiro atoms. The van der Waals surface area contributed by atoms with Gasteiger partial charge in [-0.05, 0) is 31.6 Å². The van der Waals surface area contributed by atoms with Crippen LogP contribution in [0.5, 0.6) is 0 Å². The fourth-order valence-corrected chi connectivity index (χ4v) is 2.57. The van der Waals surface area contributed by atoms with Crippen molar-refractivity contribution in [1.82, 2.24) is 5.32 Å². The minimum Gasteiger partial charge on any atom is -0.380 e. The van der Waals surface area contributed by atoms with Crippen LogP contribution in [0.2, 0.25) is 0 Å². The molecule has 0 bridgehead atoms. The minimum atomic E-state index is 0.638. The summed E-state index contributed by atoms with van der Waals surface area (Å²) in [6.45, 7) is 4.27. The Hall–Kier alpha value is -0.0800. The van der Waals surface area contributed by atoms with Crippen LogP contribution in [-0.2, 0) is 4.74 Å². The summed E-state index contributed by atoms with van der Waals surface area (Å²) in [6, 6.07) is 1.41. The molecule has 2 aliphatic rings. The highest BCUT2D eigenvalue weighted by atomic mass is 16.5. The van der Waals surface area contributed by atoms with Crippen molar-refractivity contribution >= 4 is 0 Å². The first-order valence-electron chi connectivity index (χ1n) is 5.70. The second-order valence-corrected chi connectivity index (χ2v) is 4.60. The predicted octanol–water partition coefficient (Wildman–Crippen LogP) is 1.94. The SMILES string of the molecule is CC1CCCC1NC1CCCOC1. The summed E-state index contributed by atoms with van der Waals surface area (Å²) in [7, 11) is 0. The summed E-state index contributed by atoms with van der Waals surface area (Å²) in [5.41, 5.74) is 0. The molecule has 3 atom stereocenters. The molecule has 1 N–H and O–H groups in total. The lowest BCUT2D eigenvalue weighted by atomic mass is 10.0. The molecule has 0 amide bonds. The van der Waals surface area contributed by atoms with Crippen LogP contribution in [0.25, 0.3) is 0 Å². The van der Waals surface area contributed by atoms with Gasteiger partial charge >= 0.3 is 0 Å². The Morgan fingerprint density at radius 1 is 1.15 bits per heavy atom. The van der Waals surface area contributed by atoms with Gasteiger partial charge in [0.25, 0.3) is 0 Å². The Morgan fingerprint density at radius 3 is 2.69 bits per heavy atom. The topological polar surface area (TPSA) is 21.3 Å². The van der Waals surface area contributed by atoms with Gasteiger partial charge in [0.15, 0.2) is 0 Å². The lowest BCUT2D eigenvalue weighted by molar-refractivity contribution is 0.0647. The van der Waals surface area contributed by atoms with E-state index in [4.69, 9.17) is 4.74 Å². The Kier molecular flexibility index (Phi) is 3.23. The standard InChI is InChI=1S/C11H21NO/c1-9-4-2-6-11(9)12-10-5-3-7-13-8-10/h9-12H,2-8H2,1H3. The molecule has 1 saturated heterocycles. The van der Waals surface area contributed by atoms with E-state index in [1.165, 1.54) is 32.1 Å². The van der Waals surface area contributed by atoms with E-state index in [1.807, 2.05) is 0 Å². The predicted molar refractivity (Wildman–Crippen MR) is 53.8 cm³/mol. The summed E-state index contributed by atoms with van der Waals surface area (Å²) in [5, 5.41) is 3.74. The Labute approximate surface area is 81.0 Å². The van der Waals surface area contributed by atoms with Gasteiger partial charge in [0.05, 0.1) is 6.61 Å². The Balaban J connectivity index is 1.75. The van der Waals surface area contributed by atoms with Crippen LogP contribution in [0.3, 0.4) is 0 Å². The molecule has 1 aliphatic heterocycles. The van der Waals surface area contributed by atoms with E-state index >= 15 is 0 Å². The van der Waals surface area contributed by atoms with Gasteiger partial charge in [-0.15, -0.1) is 0 Å². The lowest BCUT2D eigenvalue weighted by Gasteiger charge is -2.28. The van der Waals surface area contributed by atoms with Crippen molar-refractivity contribution in [1.29, 1.82) is 0 Å². The number of hydrogen-bond acceptors (Lipinski definition) is 2. The quantitative estimate of drug-likeness (QED) is 0.706. The van der Waals surface area contributed by atoms with E-state index in [-0.39, 0.29) is 0 Å². The summed E-state index contributed by atoms with van der Waals surface area (Å²) >= 11 is 0. The zero-order valence-electron chi connectivity index (χ0n) is 8.59. The summed E-state index contributed by atoms with van der Waals surface area (Å²) < 4.78 is 5.47. The zero-order valence-corrected chi connectivity index (χ0v) is 8.59. The van der Waals surface area contributed by atoms with Crippen LogP contribution in [-0.4, -0.2) is 25.3 Å². The van der Waals surface area contributed by atoms with Crippen LogP contribution in [0, 0.1) is 5.92 Å². The molecular formula is C11H21NO. The minimum absolute atomic E-state index is 0.638. The molecule has 76 valence electrons. The highest BCUT2D eigenvalue weighted by Crippen LogP contribution is 2.25. The van der Waals surface area contributed by atoms with Crippen LogP contribution < -0.4 is 5.32 Å². The molecule has 2 fully saturated rings. The molecule has 0 radical (unpaired) electrons. The first kappa shape index (κ1) is 9.47. The van der Waals surface area contributed by atoms with E-state index in [2.05, 4.69) is 12.2 Å². The molecule has 1 aliphatic carbocycles. The van der Waals surface area contributed by atoms with E-state index in [9.17, 15) is 0 Å². The first-order valence-corrected chi connectivity index (χ1v) is 5.70. The van der Waals surface area contributed by atoms with Crippen molar-refractivity contribution in [2.24, 2.45) is 5.92 Å². The highest BCUT2D eigenvalue weighted by molar-refractivity contribution is 4.84. The number of rotatable bonds is 2. The third-order valence-electron chi connectivity index (χ3n) is 3.47. The highest BCUT2D eigenvalue weighted by Gasteiger charge is 2.26. The zero-order chi connectivity index (χ0) is 9.10. The molecule has 2 heteroatoms. The van der Waals surface area contributed by atoms with E-state index in [1.54, 1.807) is 0 Å². The maximum atomic E-state index is 5.47. The van der Waals surface area contributed by atoms with Crippen molar-refractivity contribution in [3.8, 4) is 0 Å². The van der Waals surface area contributed by atoms with Crippen molar-refractivity contribution in [3.63, 3.8) is 0 Å². The van der Waals surface area contributed by atoms with Crippen LogP contribution >= 0.6 is 0 Å². The average Bonchev–Trinajstić information content (AvgIpc) is 2.54. The van der Waals surface area contributed by atoms with Crippen molar-refractivity contribution in [2.75, 3.05) is 13.2 Å². The number of hydrogen-bond donors (Lipinski definition) is 1. The van der Waals surface area contributed by atoms with Gasteiger partial charge in [-0.25, -0.2) is 0 Å². The van der Waals surface area contributed by atoms with Crippen molar-refractivity contribution < 1.29 is 4.74 Å². The van der Waals surface area contributed by atoms with Gasteiger partial charge in [0, 0.05) is 18.7 Å². The van der Waals surface area contributed by atoms with Crippen LogP contribution in [0.15, 0.2) is 0 Å². The molecule has 1 heterocycles. The maximum Gasteiger partial charge on any atom is 0.0619 e. The number of ether oxygens (including phenoxy) is 1. The second kappa shape index (κ2) is 4.43. The molecule has 1 saturated carbocycles. The molecular weight excluding hydrogens is 162 g/mol. The van der Waals surface area contributed by atoms with E-state index in [0.29, 0.717) is 6.04 Å². The third kappa shape index (κ3) is 2.44. The second-order valence-electron chi connectivity index (χ2n) is 4.60. The van der Waals surface area contributed by atoms with E-state index < -0.39 is 0 Å². The smallest absolute Gasteiger partial charge is 0.0619 e. The third-order valence-corrected chi connectivity index (χ3v) is 3.47. The molecule has 2 rings (SSSR count).